The van der Waals surface area contributed by atoms with Crippen LogP contribution in [0.4, 0.5) is 0 Å². The van der Waals surface area contributed by atoms with Crippen molar-refractivity contribution in [1.82, 2.24) is 10.2 Å². The number of amides is 1. The lowest BCUT2D eigenvalue weighted by atomic mass is 9.95. The third-order valence-electron chi connectivity index (χ3n) is 5.16. The van der Waals surface area contributed by atoms with E-state index in [0.29, 0.717) is 18.9 Å². The Bertz CT molecular complexity index is 669. The molecule has 2 fully saturated rings. The third kappa shape index (κ3) is 3.67. The number of rotatable bonds is 5. The molecule has 2 saturated heterocycles. The standard InChI is InChI=1S/C17H26N2O4S/c1-12(2)5-7-19-10-13-14(6-9-24(21,22)16(13)11-19)18-17(20)15-4-3-8-23-15/h3-4,8,12-14,16H,5-7,9-11H2,1-2H3,(H,18,20). The second-order valence-electron chi connectivity index (χ2n) is 7.36. The van der Waals surface area contributed by atoms with Gasteiger partial charge in [-0.2, -0.15) is 0 Å². The first-order chi connectivity index (χ1) is 11.4. The minimum absolute atomic E-state index is 0.0326. The molecular weight excluding hydrogens is 328 g/mol. The predicted molar refractivity (Wildman–Crippen MR) is 91.5 cm³/mol. The maximum absolute atomic E-state index is 12.4. The smallest absolute Gasteiger partial charge is 0.287 e. The average Bonchev–Trinajstić information content (AvgIpc) is 3.17. The Hall–Kier alpha value is -1.34. The summed E-state index contributed by atoms with van der Waals surface area (Å²) in [4.78, 5) is 14.5. The fourth-order valence-electron chi connectivity index (χ4n) is 3.75. The van der Waals surface area contributed by atoms with E-state index in [0.717, 1.165) is 19.5 Å². The van der Waals surface area contributed by atoms with Crippen LogP contribution in [0.5, 0.6) is 0 Å². The van der Waals surface area contributed by atoms with E-state index in [1.165, 1.54) is 6.26 Å². The van der Waals surface area contributed by atoms with Crippen molar-refractivity contribution in [1.29, 1.82) is 0 Å². The molecule has 2 aliphatic rings. The first kappa shape index (κ1) is 17.5. The van der Waals surface area contributed by atoms with Gasteiger partial charge in [0.2, 0.25) is 0 Å². The van der Waals surface area contributed by atoms with Crippen LogP contribution in [-0.2, 0) is 9.84 Å². The Morgan fingerprint density at radius 1 is 1.42 bits per heavy atom. The van der Waals surface area contributed by atoms with E-state index in [1.807, 2.05) is 0 Å². The van der Waals surface area contributed by atoms with Gasteiger partial charge in [-0.3, -0.25) is 4.79 Å². The monoisotopic (exact) mass is 354 g/mol. The van der Waals surface area contributed by atoms with Crippen molar-refractivity contribution in [2.45, 2.75) is 38.0 Å². The zero-order chi connectivity index (χ0) is 17.3. The molecule has 1 aromatic rings. The summed E-state index contributed by atoms with van der Waals surface area (Å²) in [5.41, 5.74) is 0. The lowest BCUT2D eigenvalue weighted by molar-refractivity contribution is 0.0891. The summed E-state index contributed by atoms with van der Waals surface area (Å²) in [6, 6.07) is 3.18. The van der Waals surface area contributed by atoms with Crippen molar-refractivity contribution < 1.29 is 17.6 Å². The molecule has 3 rings (SSSR count). The fourth-order valence-corrected chi connectivity index (χ4v) is 5.88. The Kier molecular flexibility index (Phi) is 5.01. The molecular formula is C17H26N2O4S. The van der Waals surface area contributed by atoms with Gasteiger partial charge in [0, 0.05) is 25.0 Å². The van der Waals surface area contributed by atoms with Gasteiger partial charge in [-0.25, -0.2) is 8.42 Å². The highest BCUT2D eigenvalue weighted by molar-refractivity contribution is 7.92. The first-order valence-electron chi connectivity index (χ1n) is 8.65. The number of furan rings is 1. The molecule has 7 heteroatoms. The van der Waals surface area contributed by atoms with Crippen molar-refractivity contribution in [3.05, 3.63) is 24.2 Å². The van der Waals surface area contributed by atoms with Gasteiger partial charge in [-0.1, -0.05) is 13.8 Å². The molecule has 24 heavy (non-hydrogen) atoms. The number of nitrogens with zero attached hydrogens (tertiary/aromatic N) is 1. The fraction of sp³-hybridized carbons (Fsp3) is 0.706. The van der Waals surface area contributed by atoms with E-state index < -0.39 is 9.84 Å². The zero-order valence-corrected chi connectivity index (χ0v) is 15.1. The summed E-state index contributed by atoms with van der Waals surface area (Å²) in [6.45, 7) is 6.59. The van der Waals surface area contributed by atoms with Crippen LogP contribution in [0.15, 0.2) is 22.8 Å². The van der Waals surface area contributed by atoms with Gasteiger partial charge in [0.05, 0.1) is 17.3 Å². The molecule has 0 aromatic carbocycles. The molecule has 2 aliphatic heterocycles. The summed E-state index contributed by atoms with van der Waals surface area (Å²) < 4.78 is 30.0. The summed E-state index contributed by atoms with van der Waals surface area (Å²) in [6.07, 6.45) is 3.00. The number of hydrogen-bond acceptors (Lipinski definition) is 5. The van der Waals surface area contributed by atoms with Gasteiger partial charge < -0.3 is 14.6 Å². The SMILES string of the molecule is CC(C)CCN1CC2C(NC(=O)c3ccco3)CCS(=O)(=O)C2C1. The van der Waals surface area contributed by atoms with Crippen LogP contribution in [0, 0.1) is 11.8 Å². The number of likely N-dealkylation sites (tertiary alicyclic amines) is 1. The highest BCUT2D eigenvalue weighted by Crippen LogP contribution is 2.33. The summed E-state index contributed by atoms with van der Waals surface area (Å²) in [5, 5.41) is 2.63. The topological polar surface area (TPSA) is 79.6 Å². The molecule has 0 aliphatic carbocycles. The summed E-state index contributed by atoms with van der Waals surface area (Å²) in [5.74, 6) is 0.724. The molecule has 0 spiro atoms. The van der Waals surface area contributed by atoms with Crippen LogP contribution in [0.25, 0.3) is 0 Å². The van der Waals surface area contributed by atoms with Crippen molar-refractivity contribution in [3.63, 3.8) is 0 Å². The van der Waals surface area contributed by atoms with Gasteiger partial charge in [-0.15, -0.1) is 0 Å². The van der Waals surface area contributed by atoms with Crippen LogP contribution < -0.4 is 5.32 Å². The van der Waals surface area contributed by atoms with Gasteiger partial charge >= 0.3 is 0 Å². The predicted octanol–water partition coefficient (Wildman–Crippen LogP) is 1.54. The Labute approximate surface area is 143 Å². The number of carbonyl (C=O) groups excluding carboxylic acids is 1. The van der Waals surface area contributed by atoms with Crippen LogP contribution in [-0.4, -0.2) is 55.9 Å². The van der Waals surface area contributed by atoms with Crippen molar-refractivity contribution in [3.8, 4) is 0 Å². The minimum Gasteiger partial charge on any atom is -0.459 e. The molecule has 134 valence electrons. The number of hydrogen-bond donors (Lipinski definition) is 1. The van der Waals surface area contributed by atoms with Gasteiger partial charge in [-0.05, 0) is 37.4 Å². The number of carbonyl (C=O) groups is 1. The molecule has 3 unspecified atom stereocenters. The van der Waals surface area contributed by atoms with E-state index in [2.05, 4.69) is 24.1 Å². The van der Waals surface area contributed by atoms with Gasteiger partial charge in [0.15, 0.2) is 15.6 Å². The number of fused-ring (bicyclic) bond motifs is 1. The largest absolute Gasteiger partial charge is 0.459 e. The van der Waals surface area contributed by atoms with E-state index in [-0.39, 0.29) is 34.6 Å². The van der Waals surface area contributed by atoms with Crippen molar-refractivity contribution in [2.24, 2.45) is 11.8 Å². The van der Waals surface area contributed by atoms with E-state index in [1.54, 1.807) is 12.1 Å². The van der Waals surface area contributed by atoms with E-state index in [9.17, 15) is 13.2 Å². The number of sulfone groups is 1. The zero-order valence-electron chi connectivity index (χ0n) is 14.3. The highest BCUT2D eigenvalue weighted by atomic mass is 32.2. The van der Waals surface area contributed by atoms with Gasteiger partial charge in [0.1, 0.15) is 0 Å². The molecule has 1 N–H and O–H groups in total. The molecule has 3 atom stereocenters. The first-order valence-corrected chi connectivity index (χ1v) is 10.4. The Morgan fingerprint density at radius 3 is 2.88 bits per heavy atom. The second-order valence-corrected chi connectivity index (χ2v) is 9.70. The third-order valence-corrected chi connectivity index (χ3v) is 7.39. The summed E-state index contributed by atoms with van der Waals surface area (Å²) >= 11 is 0. The van der Waals surface area contributed by atoms with Gasteiger partial charge in [0.25, 0.3) is 5.91 Å². The lowest BCUT2D eigenvalue weighted by Crippen LogP contribution is -2.51. The van der Waals surface area contributed by atoms with Crippen LogP contribution in [0.3, 0.4) is 0 Å². The normalized spacial score (nSPS) is 29.5. The summed E-state index contributed by atoms with van der Waals surface area (Å²) in [7, 11) is -3.07. The molecule has 1 amide bonds. The second kappa shape index (κ2) is 6.88. The van der Waals surface area contributed by atoms with Crippen molar-refractivity contribution >= 4 is 15.7 Å². The maximum atomic E-state index is 12.4. The average molecular weight is 354 g/mol. The maximum Gasteiger partial charge on any atom is 0.287 e. The highest BCUT2D eigenvalue weighted by Gasteiger charge is 2.48. The lowest BCUT2D eigenvalue weighted by Gasteiger charge is -2.33. The van der Waals surface area contributed by atoms with Crippen LogP contribution in [0.2, 0.25) is 0 Å². The Morgan fingerprint density at radius 2 is 2.21 bits per heavy atom. The molecule has 3 heterocycles. The molecule has 0 saturated carbocycles. The van der Waals surface area contributed by atoms with E-state index >= 15 is 0 Å². The van der Waals surface area contributed by atoms with Crippen molar-refractivity contribution in [2.75, 3.05) is 25.4 Å². The number of nitrogens with one attached hydrogen (secondary N) is 1. The molecule has 1 aromatic heterocycles. The molecule has 0 bridgehead atoms. The molecule has 6 nitrogen and oxygen atoms in total. The van der Waals surface area contributed by atoms with Crippen LogP contribution in [0.1, 0.15) is 37.2 Å². The van der Waals surface area contributed by atoms with Crippen LogP contribution >= 0.6 is 0 Å². The molecule has 0 radical (unpaired) electrons. The quantitative estimate of drug-likeness (QED) is 0.868. The van der Waals surface area contributed by atoms with E-state index in [4.69, 9.17) is 4.42 Å². The Balaban J connectivity index is 1.69. The minimum atomic E-state index is -3.07.